The fraction of sp³-hybridized carbons (Fsp3) is 0.632. The Hall–Kier alpha value is -1.99. The SMILES string of the molecule is COc1cc(OC)c(C(=O)N2C[C@H](O)[C@@H](N3CCCCC3)C2)cc1OC. The number of methoxy groups -OCH3 is 3. The number of nitrogens with zero attached hydrogens (tertiary/aromatic N) is 2. The Labute approximate surface area is 154 Å². The Morgan fingerprint density at radius 1 is 0.962 bits per heavy atom. The molecule has 2 fully saturated rings. The number of hydrogen-bond donors (Lipinski definition) is 1. The van der Waals surface area contributed by atoms with Crippen LogP contribution < -0.4 is 14.2 Å². The molecule has 0 aliphatic carbocycles. The first-order valence-corrected chi connectivity index (χ1v) is 9.10. The van der Waals surface area contributed by atoms with Gasteiger partial charge < -0.3 is 24.2 Å². The quantitative estimate of drug-likeness (QED) is 0.851. The molecule has 7 heteroatoms. The van der Waals surface area contributed by atoms with E-state index in [1.165, 1.54) is 20.6 Å². The second-order valence-electron chi connectivity index (χ2n) is 6.85. The minimum Gasteiger partial charge on any atom is -0.496 e. The molecule has 2 heterocycles. The molecule has 0 aromatic heterocycles. The molecule has 1 N–H and O–H groups in total. The number of ether oxygens (including phenoxy) is 3. The van der Waals surface area contributed by atoms with Crippen LogP contribution in [0.25, 0.3) is 0 Å². The van der Waals surface area contributed by atoms with Crippen LogP contribution in [0.4, 0.5) is 0 Å². The van der Waals surface area contributed by atoms with Gasteiger partial charge in [0.1, 0.15) is 5.75 Å². The van der Waals surface area contributed by atoms with E-state index in [4.69, 9.17) is 14.2 Å². The molecule has 7 nitrogen and oxygen atoms in total. The summed E-state index contributed by atoms with van der Waals surface area (Å²) in [5.74, 6) is 1.25. The highest BCUT2D eigenvalue weighted by Crippen LogP contribution is 2.36. The first-order valence-electron chi connectivity index (χ1n) is 9.10. The van der Waals surface area contributed by atoms with Gasteiger partial charge in [-0.25, -0.2) is 0 Å². The molecule has 0 bridgehead atoms. The molecular formula is C19H28N2O5. The van der Waals surface area contributed by atoms with Gasteiger partial charge in [-0.15, -0.1) is 0 Å². The normalized spacial score (nSPS) is 23.8. The first-order chi connectivity index (χ1) is 12.6. The number of rotatable bonds is 5. The van der Waals surface area contributed by atoms with Crippen LogP contribution in [0.3, 0.4) is 0 Å². The van der Waals surface area contributed by atoms with Gasteiger partial charge in [-0.1, -0.05) is 6.42 Å². The molecule has 1 aromatic carbocycles. The van der Waals surface area contributed by atoms with E-state index < -0.39 is 6.10 Å². The van der Waals surface area contributed by atoms with Crippen LogP contribution >= 0.6 is 0 Å². The topological polar surface area (TPSA) is 71.5 Å². The van der Waals surface area contributed by atoms with E-state index in [1.54, 1.807) is 24.1 Å². The highest BCUT2D eigenvalue weighted by atomic mass is 16.5. The van der Waals surface area contributed by atoms with Crippen molar-refractivity contribution in [2.45, 2.75) is 31.4 Å². The maximum absolute atomic E-state index is 13.1. The van der Waals surface area contributed by atoms with Crippen molar-refractivity contribution in [1.29, 1.82) is 0 Å². The third-order valence-electron chi connectivity index (χ3n) is 5.34. The van der Waals surface area contributed by atoms with Crippen molar-refractivity contribution in [2.75, 3.05) is 47.5 Å². The average molecular weight is 364 g/mol. The number of β-amino-alcohol motifs (C(OH)–C–C–N with tert-alkyl or cyclic N) is 1. The lowest BCUT2D eigenvalue weighted by Crippen LogP contribution is -2.46. The Morgan fingerprint density at radius 2 is 1.58 bits per heavy atom. The highest BCUT2D eigenvalue weighted by molar-refractivity contribution is 5.98. The number of hydrogen-bond acceptors (Lipinski definition) is 6. The lowest BCUT2D eigenvalue weighted by atomic mass is 10.1. The van der Waals surface area contributed by atoms with E-state index in [0.29, 0.717) is 35.9 Å². The third-order valence-corrected chi connectivity index (χ3v) is 5.34. The summed E-state index contributed by atoms with van der Waals surface area (Å²) < 4.78 is 16.0. The van der Waals surface area contributed by atoms with Crippen LogP contribution in [0.1, 0.15) is 29.6 Å². The minimum atomic E-state index is -0.525. The average Bonchev–Trinajstić information content (AvgIpc) is 3.08. The fourth-order valence-electron chi connectivity index (χ4n) is 3.91. The molecule has 0 saturated carbocycles. The largest absolute Gasteiger partial charge is 0.496 e. The molecule has 3 rings (SSSR count). The lowest BCUT2D eigenvalue weighted by Gasteiger charge is -2.33. The van der Waals surface area contributed by atoms with E-state index in [-0.39, 0.29) is 11.9 Å². The molecular weight excluding hydrogens is 336 g/mol. The Balaban J connectivity index is 1.81. The van der Waals surface area contributed by atoms with Crippen LogP contribution in [0, 0.1) is 0 Å². The van der Waals surface area contributed by atoms with E-state index >= 15 is 0 Å². The second-order valence-corrected chi connectivity index (χ2v) is 6.85. The Morgan fingerprint density at radius 3 is 2.19 bits per heavy atom. The Kier molecular flexibility index (Phi) is 5.88. The number of benzene rings is 1. The number of aliphatic hydroxyl groups excluding tert-OH is 1. The van der Waals surface area contributed by atoms with E-state index in [1.807, 2.05) is 0 Å². The van der Waals surface area contributed by atoms with E-state index in [9.17, 15) is 9.90 Å². The second kappa shape index (κ2) is 8.14. The maximum Gasteiger partial charge on any atom is 0.257 e. The van der Waals surface area contributed by atoms with E-state index in [0.717, 1.165) is 25.9 Å². The predicted molar refractivity (Wildman–Crippen MR) is 97.2 cm³/mol. The summed E-state index contributed by atoms with van der Waals surface area (Å²) in [7, 11) is 4.59. The molecule has 2 atom stereocenters. The third kappa shape index (κ3) is 3.59. The number of amides is 1. The van der Waals surface area contributed by atoms with Crippen molar-refractivity contribution in [3.63, 3.8) is 0 Å². The number of carbonyl (C=O) groups excluding carboxylic acids is 1. The predicted octanol–water partition coefficient (Wildman–Crippen LogP) is 1.38. The van der Waals surface area contributed by atoms with Gasteiger partial charge in [0, 0.05) is 25.2 Å². The standard InChI is InChI=1S/C19H28N2O5/c1-24-16-10-18(26-3)17(25-2)9-13(16)19(23)21-11-14(15(22)12-21)20-7-5-4-6-8-20/h9-10,14-15,22H,4-8,11-12H2,1-3H3/t14-,15-/m0/s1. The van der Waals surface area contributed by atoms with Gasteiger partial charge in [0.15, 0.2) is 11.5 Å². The van der Waals surface area contributed by atoms with Crippen molar-refractivity contribution in [2.24, 2.45) is 0 Å². The van der Waals surface area contributed by atoms with Crippen molar-refractivity contribution in [1.82, 2.24) is 9.80 Å². The van der Waals surface area contributed by atoms with Gasteiger partial charge in [-0.05, 0) is 25.9 Å². The number of piperidine rings is 1. The fourth-order valence-corrected chi connectivity index (χ4v) is 3.91. The summed E-state index contributed by atoms with van der Waals surface area (Å²) >= 11 is 0. The maximum atomic E-state index is 13.1. The van der Waals surface area contributed by atoms with Gasteiger partial charge in [0.2, 0.25) is 0 Å². The minimum absolute atomic E-state index is 0.00499. The molecule has 144 valence electrons. The summed E-state index contributed by atoms with van der Waals surface area (Å²) in [5.41, 5.74) is 0.414. The molecule has 0 spiro atoms. The van der Waals surface area contributed by atoms with Crippen LogP contribution in [0.5, 0.6) is 17.2 Å². The monoisotopic (exact) mass is 364 g/mol. The first kappa shape index (κ1) is 18.8. The zero-order valence-corrected chi connectivity index (χ0v) is 15.7. The van der Waals surface area contributed by atoms with Crippen molar-refractivity contribution in [3.05, 3.63) is 17.7 Å². The summed E-state index contributed by atoms with van der Waals surface area (Å²) in [6, 6.07) is 3.30. The summed E-state index contributed by atoms with van der Waals surface area (Å²) in [4.78, 5) is 17.1. The molecule has 1 amide bonds. The van der Waals surface area contributed by atoms with Crippen LogP contribution in [0.2, 0.25) is 0 Å². The van der Waals surface area contributed by atoms with Gasteiger partial charge in [0.25, 0.3) is 5.91 Å². The van der Waals surface area contributed by atoms with Gasteiger partial charge in [0.05, 0.1) is 39.0 Å². The van der Waals surface area contributed by atoms with Gasteiger partial charge >= 0.3 is 0 Å². The van der Waals surface area contributed by atoms with Crippen molar-refractivity contribution in [3.8, 4) is 17.2 Å². The lowest BCUT2D eigenvalue weighted by molar-refractivity contribution is 0.0702. The van der Waals surface area contributed by atoms with Gasteiger partial charge in [-0.3, -0.25) is 9.69 Å². The molecule has 1 aromatic rings. The summed E-state index contributed by atoms with van der Waals surface area (Å²) in [5, 5.41) is 10.5. The van der Waals surface area contributed by atoms with Gasteiger partial charge in [-0.2, -0.15) is 0 Å². The number of aliphatic hydroxyl groups is 1. The van der Waals surface area contributed by atoms with Crippen molar-refractivity contribution < 1.29 is 24.1 Å². The molecule has 2 aliphatic rings. The summed E-state index contributed by atoms with van der Waals surface area (Å²) in [6.07, 6.45) is 3.02. The number of carbonyl (C=O) groups is 1. The van der Waals surface area contributed by atoms with Crippen LogP contribution in [-0.4, -0.2) is 80.5 Å². The number of likely N-dealkylation sites (tertiary alicyclic amines) is 2. The van der Waals surface area contributed by atoms with E-state index in [2.05, 4.69) is 4.90 Å². The van der Waals surface area contributed by atoms with Crippen LogP contribution in [0.15, 0.2) is 12.1 Å². The molecule has 0 unspecified atom stereocenters. The molecule has 26 heavy (non-hydrogen) atoms. The molecule has 2 saturated heterocycles. The molecule has 0 radical (unpaired) electrons. The van der Waals surface area contributed by atoms with Crippen LogP contribution in [-0.2, 0) is 0 Å². The molecule has 2 aliphatic heterocycles. The highest BCUT2D eigenvalue weighted by Gasteiger charge is 2.39. The zero-order chi connectivity index (χ0) is 18.7. The van der Waals surface area contributed by atoms with Crippen molar-refractivity contribution >= 4 is 5.91 Å². The Bertz CT molecular complexity index is 645. The summed E-state index contributed by atoms with van der Waals surface area (Å²) in [6.45, 7) is 2.84. The smallest absolute Gasteiger partial charge is 0.257 e. The zero-order valence-electron chi connectivity index (χ0n) is 15.7.